The molecule has 0 spiro atoms. The third-order valence-electron chi connectivity index (χ3n) is 2.98. The molecule has 2 heteroatoms. The van der Waals surface area contributed by atoms with Crippen molar-refractivity contribution in [2.45, 2.75) is 32.3 Å². The average Bonchev–Trinajstić information content (AvgIpc) is 2.98. The van der Waals surface area contributed by atoms with E-state index in [1.54, 1.807) is 0 Å². The molecule has 1 aliphatic carbocycles. The monoisotopic (exact) mass is 206 g/mol. The summed E-state index contributed by atoms with van der Waals surface area (Å²) in [4.78, 5) is 0. The van der Waals surface area contributed by atoms with Crippen molar-refractivity contribution in [2.75, 3.05) is 6.61 Å². The molecule has 0 amide bonds. The zero-order chi connectivity index (χ0) is 10.9. The number of rotatable bonds is 4. The average molecular weight is 206 g/mol. The topological polar surface area (TPSA) is 29.5 Å². The van der Waals surface area contributed by atoms with E-state index in [-0.39, 0.29) is 0 Å². The Bertz CT molecular complexity index is 340. The SMILES string of the molecule is Cc1cccc(OCC(C)(O)C2CC2)c1. The highest BCUT2D eigenvalue weighted by atomic mass is 16.5. The molecule has 0 aliphatic heterocycles. The second-order valence-electron chi connectivity index (χ2n) is 4.74. The van der Waals surface area contributed by atoms with Crippen LogP contribution in [0, 0.1) is 12.8 Å². The third kappa shape index (κ3) is 2.72. The lowest BCUT2D eigenvalue weighted by molar-refractivity contribution is -0.00764. The van der Waals surface area contributed by atoms with Gasteiger partial charge in [0.2, 0.25) is 0 Å². The van der Waals surface area contributed by atoms with Gasteiger partial charge in [0.15, 0.2) is 0 Å². The van der Waals surface area contributed by atoms with E-state index < -0.39 is 5.60 Å². The first-order valence-corrected chi connectivity index (χ1v) is 5.50. The third-order valence-corrected chi connectivity index (χ3v) is 2.98. The highest BCUT2D eigenvalue weighted by Crippen LogP contribution is 2.39. The first kappa shape index (κ1) is 10.5. The van der Waals surface area contributed by atoms with Crippen LogP contribution in [0.25, 0.3) is 0 Å². The van der Waals surface area contributed by atoms with Crippen molar-refractivity contribution in [1.82, 2.24) is 0 Å². The number of benzene rings is 1. The van der Waals surface area contributed by atoms with E-state index in [4.69, 9.17) is 4.74 Å². The Morgan fingerprint density at radius 1 is 1.47 bits per heavy atom. The Balaban J connectivity index is 1.92. The van der Waals surface area contributed by atoms with Gasteiger partial charge in [0.05, 0.1) is 5.60 Å². The van der Waals surface area contributed by atoms with E-state index in [9.17, 15) is 5.11 Å². The van der Waals surface area contributed by atoms with Gasteiger partial charge in [0.1, 0.15) is 12.4 Å². The van der Waals surface area contributed by atoms with Gasteiger partial charge in [-0.25, -0.2) is 0 Å². The second kappa shape index (κ2) is 3.86. The van der Waals surface area contributed by atoms with Gasteiger partial charge in [-0.2, -0.15) is 0 Å². The summed E-state index contributed by atoms with van der Waals surface area (Å²) in [7, 11) is 0. The number of aliphatic hydroxyl groups is 1. The predicted octanol–water partition coefficient (Wildman–Crippen LogP) is 2.53. The molecule has 2 rings (SSSR count). The fourth-order valence-corrected chi connectivity index (χ4v) is 1.76. The van der Waals surface area contributed by atoms with E-state index in [1.807, 2.05) is 38.1 Å². The summed E-state index contributed by atoms with van der Waals surface area (Å²) in [5, 5.41) is 10.1. The maximum Gasteiger partial charge on any atom is 0.119 e. The lowest BCUT2D eigenvalue weighted by Crippen LogP contribution is -2.34. The Morgan fingerprint density at radius 3 is 2.80 bits per heavy atom. The van der Waals surface area contributed by atoms with E-state index in [1.165, 1.54) is 5.56 Å². The van der Waals surface area contributed by atoms with E-state index in [2.05, 4.69) is 0 Å². The zero-order valence-corrected chi connectivity index (χ0v) is 9.36. The first-order chi connectivity index (χ1) is 7.08. The van der Waals surface area contributed by atoms with Crippen molar-refractivity contribution in [3.63, 3.8) is 0 Å². The van der Waals surface area contributed by atoms with Crippen LogP contribution in [0.2, 0.25) is 0 Å². The minimum atomic E-state index is -0.663. The molecule has 0 aromatic heterocycles. The molecule has 0 bridgehead atoms. The summed E-state index contributed by atoms with van der Waals surface area (Å²) >= 11 is 0. The number of ether oxygens (including phenoxy) is 1. The molecule has 2 nitrogen and oxygen atoms in total. The van der Waals surface area contributed by atoms with Crippen molar-refractivity contribution in [2.24, 2.45) is 5.92 Å². The number of hydrogen-bond donors (Lipinski definition) is 1. The summed E-state index contributed by atoms with van der Waals surface area (Å²) in [6.45, 7) is 4.29. The van der Waals surface area contributed by atoms with Crippen LogP contribution in [0.15, 0.2) is 24.3 Å². The van der Waals surface area contributed by atoms with Crippen LogP contribution in [0.4, 0.5) is 0 Å². The molecule has 0 saturated heterocycles. The number of hydrogen-bond acceptors (Lipinski definition) is 2. The van der Waals surface area contributed by atoms with Crippen LogP contribution in [0.5, 0.6) is 5.75 Å². The van der Waals surface area contributed by atoms with Crippen LogP contribution < -0.4 is 4.74 Å². The molecule has 0 heterocycles. The van der Waals surface area contributed by atoms with Gasteiger partial charge < -0.3 is 9.84 Å². The highest BCUT2D eigenvalue weighted by molar-refractivity contribution is 5.27. The molecule has 1 aromatic rings. The van der Waals surface area contributed by atoms with Crippen LogP contribution in [-0.2, 0) is 0 Å². The van der Waals surface area contributed by atoms with Crippen molar-refractivity contribution >= 4 is 0 Å². The Kier molecular flexibility index (Phi) is 2.70. The maximum atomic E-state index is 10.1. The largest absolute Gasteiger partial charge is 0.491 e. The minimum absolute atomic E-state index is 0.390. The van der Waals surface area contributed by atoms with Crippen LogP contribution in [0.3, 0.4) is 0 Å². The van der Waals surface area contributed by atoms with Crippen LogP contribution in [0.1, 0.15) is 25.3 Å². The van der Waals surface area contributed by atoms with Gasteiger partial charge in [0, 0.05) is 0 Å². The molecular formula is C13H18O2. The van der Waals surface area contributed by atoms with Gasteiger partial charge >= 0.3 is 0 Å². The summed E-state index contributed by atoms with van der Waals surface area (Å²) < 4.78 is 5.60. The quantitative estimate of drug-likeness (QED) is 0.820. The van der Waals surface area contributed by atoms with Crippen molar-refractivity contribution < 1.29 is 9.84 Å². The molecule has 1 aromatic carbocycles. The van der Waals surface area contributed by atoms with E-state index in [0.717, 1.165) is 18.6 Å². The second-order valence-corrected chi connectivity index (χ2v) is 4.74. The lowest BCUT2D eigenvalue weighted by atomic mass is 10.0. The van der Waals surface area contributed by atoms with Crippen LogP contribution >= 0.6 is 0 Å². The molecule has 0 radical (unpaired) electrons. The first-order valence-electron chi connectivity index (χ1n) is 5.50. The van der Waals surface area contributed by atoms with Gasteiger partial charge in [-0.15, -0.1) is 0 Å². The minimum Gasteiger partial charge on any atom is -0.491 e. The molecule has 82 valence electrons. The van der Waals surface area contributed by atoms with Gasteiger partial charge in [-0.3, -0.25) is 0 Å². The molecule has 15 heavy (non-hydrogen) atoms. The summed E-state index contributed by atoms with van der Waals surface area (Å²) in [5.74, 6) is 1.28. The van der Waals surface area contributed by atoms with Crippen molar-refractivity contribution in [3.8, 4) is 5.75 Å². The predicted molar refractivity (Wildman–Crippen MR) is 60.0 cm³/mol. The fourth-order valence-electron chi connectivity index (χ4n) is 1.76. The molecule has 1 unspecified atom stereocenters. The molecule has 1 aliphatic rings. The maximum absolute atomic E-state index is 10.1. The van der Waals surface area contributed by atoms with Crippen LogP contribution in [-0.4, -0.2) is 17.3 Å². The van der Waals surface area contributed by atoms with Gasteiger partial charge in [-0.1, -0.05) is 12.1 Å². The summed E-state index contributed by atoms with van der Waals surface area (Å²) in [6.07, 6.45) is 2.26. The molecule has 1 atom stereocenters. The van der Waals surface area contributed by atoms with E-state index >= 15 is 0 Å². The van der Waals surface area contributed by atoms with Gasteiger partial charge in [-0.05, 0) is 50.3 Å². The lowest BCUT2D eigenvalue weighted by Gasteiger charge is -2.23. The molecule has 1 saturated carbocycles. The van der Waals surface area contributed by atoms with E-state index in [0.29, 0.717) is 12.5 Å². The molecule has 1 N–H and O–H groups in total. The Morgan fingerprint density at radius 2 is 2.20 bits per heavy atom. The highest BCUT2D eigenvalue weighted by Gasteiger charge is 2.40. The number of aryl methyl sites for hydroxylation is 1. The zero-order valence-electron chi connectivity index (χ0n) is 9.36. The normalized spacial score (nSPS) is 19.7. The smallest absolute Gasteiger partial charge is 0.119 e. The Labute approximate surface area is 90.9 Å². The molecular weight excluding hydrogens is 188 g/mol. The van der Waals surface area contributed by atoms with Crippen molar-refractivity contribution in [1.29, 1.82) is 0 Å². The standard InChI is InChI=1S/C13H18O2/c1-10-4-3-5-12(8-10)15-9-13(2,14)11-6-7-11/h3-5,8,11,14H,6-7,9H2,1-2H3. The van der Waals surface area contributed by atoms with Gasteiger partial charge in [0.25, 0.3) is 0 Å². The summed E-state index contributed by atoms with van der Waals surface area (Å²) in [5.41, 5.74) is 0.516. The fraction of sp³-hybridized carbons (Fsp3) is 0.538. The molecule has 1 fully saturated rings. The Hall–Kier alpha value is -1.02. The van der Waals surface area contributed by atoms with Crippen molar-refractivity contribution in [3.05, 3.63) is 29.8 Å². The summed E-state index contributed by atoms with van der Waals surface area (Å²) in [6, 6.07) is 7.92.